The molecule has 1 atom stereocenters. The van der Waals surface area contributed by atoms with E-state index in [0.29, 0.717) is 31.4 Å². The zero-order valence-corrected chi connectivity index (χ0v) is 19.0. The fourth-order valence-electron chi connectivity index (χ4n) is 4.92. The molecule has 0 aromatic carbocycles. The first-order valence-electron chi connectivity index (χ1n) is 11.9. The van der Waals surface area contributed by atoms with Crippen LogP contribution in [0.4, 0.5) is 10.7 Å². The van der Waals surface area contributed by atoms with Gasteiger partial charge in [0.1, 0.15) is 6.10 Å². The molecule has 0 spiro atoms. The van der Waals surface area contributed by atoms with Crippen LogP contribution in [0.25, 0.3) is 0 Å². The highest BCUT2D eigenvalue weighted by Crippen LogP contribution is 2.24. The lowest BCUT2D eigenvalue weighted by Crippen LogP contribution is -2.49. The van der Waals surface area contributed by atoms with Gasteiger partial charge in [0.25, 0.3) is 0 Å². The first-order valence-corrected chi connectivity index (χ1v) is 11.9. The number of aromatic nitrogens is 2. The quantitative estimate of drug-likeness (QED) is 0.495. The normalized spacial score (nSPS) is 23.3. The van der Waals surface area contributed by atoms with Gasteiger partial charge in [0, 0.05) is 58.8 Å². The number of hydrogen-bond acceptors (Lipinski definition) is 9. The molecule has 33 heavy (non-hydrogen) atoms. The van der Waals surface area contributed by atoms with Gasteiger partial charge < -0.3 is 24.5 Å². The molecule has 184 valence electrons. The fourth-order valence-corrected chi connectivity index (χ4v) is 4.92. The molecule has 3 aliphatic heterocycles. The number of ether oxygens (including phenoxy) is 1. The highest BCUT2D eigenvalue weighted by Gasteiger charge is 2.33. The van der Waals surface area contributed by atoms with Crippen molar-refractivity contribution in [3.8, 4) is 0 Å². The van der Waals surface area contributed by atoms with Crippen molar-refractivity contribution in [3.05, 3.63) is 10.6 Å². The van der Waals surface area contributed by atoms with E-state index in [1.165, 1.54) is 0 Å². The number of nitrogens with zero attached hydrogens (tertiary/aromatic N) is 5. The summed E-state index contributed by atoms with van der Waals surface area (Å²) in [5.74, 6) is -0.255. The van der Waals surface area contributed by atoms with Crippen molar-refractivity contribution in [3.63, 3.8) is 0 Å². The number of amides is 1. The second kappa shape index (κ2) is 11.0. The lowest BCUT2D eigenvalue weighted by atomic mass is 9.93. The van der Waals surface area contributed by atoms with Crippen LogP contribution in [0.5, 0.6) is 0 Å². The second-order valence-electron chi connectivity index (χ2n) is 9.23. The van der Waals surface area contributed by atoms with Crippen LogP contribution in [0.2, 0.25) is 0 Å². The molecule has 0 saturated carbocycles. The lowest BCUT2D eigenvalue weighted by Gasteiger charge is -2.35. The second-order valence-corrected chi connectivity index (χ2v) is 9.23. The average molecular weight is 467 g/mol. The standard InChI is InChI=1S/C21H34N6O6/c28-18(29)2-1-6-24-10-12-25(13-11-24)14-17-15-27(21(31)32-17)9-5-16-3-7-26(8-4-16)19-22-20(30)33-23-19/h16-17H,1-15H2,(H,28,29)(H,22,23,30). The van der Waals surface area contributed by atoms with Crippen molar-refractivity contribution in [1.82, 2.24) is 24.8 Å². The zero-order valence-electron chi connectivity index (χ0n) is 19.0. The number of carboxylic acids is 1. The Morgan fingerprint density at radius 3 is 2.45 bits per heavy atom. The number of rotatable bonds is 10. The molecule has 12 nitrogen and oxygen atoms in total. The number of carbonyl (C=O) groups excluding carboxylic acids is 1. The smallest absolute Gasteiger partial charge is 0.440 e. The Labute approximate surface area is 192 Å². The van der Waals surface area contributed by atoms with Crippen molar-refractivity contribution in [2.24, 2.45) is 5.92 Å². The topological polar surface area (TPSA) is 135 Å². The summed E-state index contributed by atoms with van der Waals surface area (Å²) in [6.07, 6.45) is 3.50. The Bertz CT molecular complexity index is 842. The number of anilines is 1. The van der Waals surface area contributed by atoms with Gasteiger partial charge in [0.05, 0.1) is 6.54 Å². The molecular formula is C21H34N6O6. The molecule has 3 aliphatic rings. The maximum absolute atomic E-state index is 12.3. The molecule has 0 aliphatic carbocycles. The van der Waals surface area contributed by atoms with Crippen molar-refractivity contribution in [1.29, 1.82) is 0 Å². The number of H-pyrrole nitrogens is 1. The summed E-state index contributed by atoms with van der Waals surface area (Å²) in [5, 5.41) is 12.5. The third-order valence-electron chi connectivity index (χ3n) is 6.89. The summed E-state index contributed by atoms with van der Waals surface area (Å²) < 4.78 is 10.2. The molecule has 1 aromatic rings. The maximum atomic E-state index is 12.3. The van der Waals surface area contributed by atoms with Crippen LogP contribution in [0, 0.1) is 5.92 Å². The van der Waals surface area contributed by atoms with Gasteiger partial charge in [-0.2, -0.15) is 0 Å². The summed E-state index contributed by atoms with van der Waals surface area (Å²) in [6, 6.07) is 0. The van der Waals surface area contributed by atoms with Crippen molar-refractivity contribution in [2.45, 2.75) is 38.2 Å². The summed E-state index contributed by atoms with van der Waals surface area (Å²) in [4.78, 5) is 45.2. The Morgan fingerprint density at radius 1 is 1.06 bits per heavy atom. The number of piperidine rings is 1. The third kappa shape index (κ3) is 6.70. The number of piperazine rings is 1. The molecule has 4 rings (SSSR count). The first-order chi connectivity index (χ1) is 16.0. The van der Waals surface area contributed by atoms with E-state index in [1.807, 2.05) is 9.80 Å². The van der Waals surface area contributed by atoms with Gasteiger partial charge in [-0.05, 0) is 43.3 Å². The van der Waals surface area contributed by atoms with Gasteiger partial charge in [-0.15, -0.1) is 0 Å². The molecule has 1 amide bonds. The number of nitrogens with one attached hydrogen (secondary N) is 1. The highest BCUT2D eigenvalue weighted by molar-refractivity contribution is 5.69. The fraction of sp³-hybridized carbons (Fsp3) is 0.810. The Kier molecular flexibility index (Phi) is 7.86. The lowest BCUT2D eigenvalue weighted by molar-refractivity contribution is -0.137. The number of carboxylic acid groups (broad SMARTS) is 1. The number of aliphatic carboxylic acids is 1. The molecule has 0 bridgehead atoms. The van der Waals surface area contributed by atoms with E-state index in [4.69, 9.17) is 9.84 Å². The minimum absolute atomic E-state index is 0.0955. The van der Waals surface area contributed by atoms with Crippen LogP contribution in [0.3, 0.4) is 0 Å². The Hall–Kier alpha value is -2.60. The Morgan fingerprint density at radius 2 is 1.79 bits per heavy atom. The van der Waals surface area contributed by atoms with Gasteiger partial charge >= 0.3 is 17.8 Å². The van der Waals surface area contributed by atoms with Crippen LogP contribution in [-0.4, -0.2) is 114 Å². The van der Waals surface area contributed by atoms with E-state index in [0.717, 1.165) is 71.6 Å². The van der Waals surface area contributed by atoms with E-state index >= 15 is 0 Å². The van der Waals surface area contributed by atoms with Crippen LogP contribution in [0.1, 0.15) is 32.1 Å². The number of aromatic amines is 1. The zero-order chi connectivity index (χ0) is 23.2. The number of hydrogen-bond donors (Lipinski definition) is 2. The maximum Gasteiger partial charge on any atom is 0.440 e. The molecule has 0 radical (unpaired) electrons. The molecule has 2 N–H and O–H groups in total. The summed E-state index contributed by atoms with van der Waals surface area (Å²) >= 11 is 0. The molecule has 3 saturated heterocycles. The summed E-state index contributed by atoms with van der Waals surface area (Å²) in [6.45, 7) is 8.20. The Balaban J connectivity index is 1.11. The molecule has 3 fully saturated rings. The predicted octanol–water partition coefficient (Wildman–Crippen LogP) is 0.273. The van der Waals surface area contributed by atoms with E-state index in [-0.39, 0.29) is 18.6 Å². The molecule has 12 heteroatoms. The minimum Gasteiger partial charge on any atom is -0.481 e. The first kappa shape index (κ1) is 23.6. The van der Waals surface area contributed by atoms with Gasteiger partial charge in [-0.25, -0.2) is 9.59 Å². The third-order valence-corrected chi connectivity index (χ3v) is 6.89. The van der Waals surface area contributed by atoms with Crippen LogP contribution < -0.4 is 10.7 Å². The molecular weight excluding hydrogens is 432 g/mol. The van der Waals surface area contributed by atoms with E-state index < -0.39 is 11.7 Å². The van der Waals surface area contributed by atoms with E-state index in [9.17, 15) is 14.4 Å². The van der Waals surface area contributed by atoms with Gasteiger partial charge in [0.2, 0.25) is 5.95 Å². The monoisotopic (exact) mass is 466 g/mol. The SMILES string of the molecule is O=C(O)CCCN1CCN(CC2CN(CCC3CCN(c4noc(=O)[nH]4)CC3)C(=O)O2)CC1. The van der Waals surface area contributed by atoms with Crippen molar-refractivity contribution >= 4 is 18.0 Å². The molecule has 1 unspecified atom stereocenters. The van der Waals surface area contributed by atoms with Gasteiger partial charge in [-0.3, -0.25) is 19.2 Å². The number of cyclic esters (lactones) is 1. The van der Waals surface area contributed by atoms with Gasteiger partial charge in [-0.1, -0.05) is 0 Å². The highest BCUT2D eigenvalue weighted by atomic mass is 16.6. The molecule has 4 heterocycles. The molecule has 1 aromatic heterocycles. The van der Waals surface area contributed by atoms with Crippen molar-refractivity contribution < 1.29 is 24.0 Å². The van der Waals surface area contributed by atoms with Gasteiger partial charge in [0.15, 0.2) is 0 Å². The summed E-state index contributed by atoms with van der Waals surface area (Å²) in [7, 11) is 0. The van der Waals surface area contributed by atoms with E-state index in [1.54, 1.807) is 0 Å². The summed E-state index contributed by atoms with van der Waals surface area (Å²) in [5.41, 5.74) is 0. The van der Waals surface area contributed by atoms with E-state index in [2.05, 4.69) is 24.5 Å². The largest absolute Gasteiger partial charge is 0.481 e. The van der Waals surface area contributed by atoms with Crippen LogP contribution >= 0.6 is 0 Å². The predicted molar refractivity (Wildman–Crippen MR) is 118 cm³/mol. The van der Waals surface area contributed by atoms with Crippen LogP contribution in [0.15, 0.2) is 9.32 Å². The average Bonchev–Trinajstić information content (AvgIpc) is 3.38. The number of carbonyl (C=O) groups is 2. The van der Waals surface area contributed by atoms with Crippen molar-refractivity contribution in [2.75, 3.05) is 70.3 Å². The van der Waals surface area contributed by atoms with Crippen LogP contribution in [-0.2, 0) is 9.53 Å². The minimum atomic E-state index is -0.740.